The number of ether oxygens (including phenoxy) is 2. The first kappa shape index (κ1) is 24.6. The van der Waals surface area contributed by atoms with Crippen molar-refractivity contribution in [2.45, 2.75) is 38.6 Å². The van der Waals surface area contributed by atoms with E-state index in [2.05, 4.69) is 5.32 Å². The van der Waals surface area contributed by atoms with E-state index in [4.69, 9.17) is 13.9 Å². The Balaban J connectivity index is 1.53. The van der Waals surface area contributed by atoms with Gasteiger partial charge >= 0.3 is 6.03 Å². The van der Waals surface area contributed by atoms with Crippen molar-refractivity contribution in [3.8, 4) is 11.5 Å². The van der Waals surface area contributed by atoms with E-state index in [1.165, 1.54) is 30.4 Å². The lowest BCUT2D eigenvalue weighted by molar-refractivity contribution is 0.185. The van der Waals surface area contributed by atoms with Crippen LogP contribution in [0.2, 0.25) is 0 Å². The van der Waals surface area contributed by atoms with Crippen molar-refractivity contribution >= 4 is 22.7 Å². The molecule has 2 N–H and O–H groups in total. The Morgan fingerprint density at radius 3 is 2.63 bits per heavy atom. The van der Waals surface area contributed by atoms with Crippen LogP contribution in [0, 0.1) is 5.92 Å². The first-order valence-electron chi connectivity index (χ1n) is 12.1. The first-order valence-corrected chi connectivity index (χ1v) is 12.1. The van der Waals surface area contributed by atoms with Gasteiger partial charge in [0.15, 0.2) is 0 Å². The topological polar surface area (TPSA) is 101 Å². The molecule has 8 nitrogen and oxygen atoms in total. The molecule has 1 aromatic heterocycles. The number of rotatable bonds is 9. The lowest BCUT2D eigenvalue weighted by Gasteiger charge is -2.23. The number of hydrogen-bond acceptors (Lipinski definition) is 6. The maximum absolute atomic E-state index is 13.4. The van der Waals surface area contributed by atoms with Gasteiger partial charge in [0.2, 0.25) is 5.43 Å². The number of nitrogens with one attached hydrogen (secondary N) is 1. The molecule has 186 valence electrons. The Morgan fingerprint density at radius 2 is 1.91 bits per heavy atom. The van der Waals surface area contributed by atoms with Crippen LogP contribution in [-0.2, 0) is 6.54 Å². The third kappa shape index (κ3) is 6.14. The summed E-state index contributed by atoms with van der Waals surface area (Å²) < 4.78 is 17.0. The van der Waals surface area contributed by atoms with Crippen LogP contribution >= 0.6 is 0 Å². The molecule has 1 heterocycles. The number of benzene rings is 2. The van der Waals surface area contributed by atoms with E-state index in [-0.39, 0.29) is 25.1 Å². The molecular weight excluding hydrogens is 448 g/mol. The Kier molecular flexibility index (Phi) is 8.26. The summed E-state index contributed by atoms with van der Waals surface area (Å²) in [5.41, 5.74) is 1.08. The van der Waals surface area contributed by atoms with E-state index in [9.17, 15) is 14.7 Å². The van der Waals surface area contributed by atoms with Crippen LogP contribution in [0.1, 0.15) is 37.7 Å². The Morgan fingerprint density at radius 1 is 1.14 bits per heavy atom. The Bertz CT molecular complexity index is 1180. The second-order valence-corrected chi connectivity index (χ2v) is 8.84. The normalized spacial score (nSPS) is 14.0. The summed E-state index contributed by atoms with van der Waals surface area (Å²) in [5.74, 6) is 1.67. The lowest BCUT2D eigenvalue weighted by Crippen LogP contribution is -2.37. The molecule has 1 fully saturated rings. The largest absolute Gasteiger partial charge is 0.497 e. The number of carbonyl (C=O) groups is 1. The number of amides is 2. The summed E-state index contributed by atoms with van der Waals surface area (Å²) in [4.78, 5) is 27.7. The molecule has 35 heavy (non-hydrogen) atoms. The van der Waals surface area contributed by atoms with Gasteiger partial charge in [-0.25, -0.2) is 4.79 Å². The van der Waals surface area contributed by atoms with Crippen molar-refractivity contribution in [3.63, 3.8) is 0 Å². The van der Waals surface area contributed by atoms with Crippen LogP contribution in [0.3, 0.4) is 0 Å². The van der Waals surface area contributed by atoms with Crippen molar-refractivity contribution in [3.05, 3.63) is 64.5 Å². The van der Waals surface area contributed by atoms with Gasteiger partial charge < -0.3 is 29.2 Å². The lowest BCUT2D eigenvalue weighted by atomic mass is 9.90. The quantitative estimate of drug-likeness (QED) is 0.457. The van der Waals surface area contributed by atoms with Crippen LogP contribution < -0.4 is 20.2 Å². The van der Waals surface area contributed by atoms with Gasteiger partial charge in [0, 0.05) is 12.2 Å². The second kappa shape index (κ2) is 11.8. The summed E-state index contributed by atoms with van der Waals surface area (Å²) in [6.45, 7) is 0.367. The number of aliphatic hydroxyl groups excluding tert-OH is 1. The summed E-state index contributed by atoms with van der Waals surface area (Å²) in [5, 5.41) is 12.7. The highest BCUT2D eigenvalue weighted by atomic mass is 16.5. The first-order chi connectivity index (χ1) is 17.1. The van der Waals surface area contributed by atoms with Crippen molar-refractivity contribution in [2.24, 2.45) is 5.92 Å². The molecule has 2 aromatic carbocycles. The number of carbonyl (C=O) groups excluding carboxylic acids is 1. The molecule has 0 radical (unpaired) electrons. The van der Waals surface area contributed by atoms with E-state index in [0.717, 1.165) is 12.8 Å². The molecule has 0 saturated heterocycles. The number of aliphatic hydroxyl groups is 1. The van der Waals surface area contributed by atoms with Crippen LogP contribution in [0.15, 0.2) is 57.9 Å². The molecular formula is C27H32N2O6. The molecule has 1 saturated carbocycles. The molecule has 0 bridgehead atoms. The fraction of sp³-hybridized carbons (Fsp3) is 0.407. The average molecular weight is 481 g/mol. The van der Waals surface area contributed by atoms with Gasteiger partial charge in [0.25, 0.3) is 0 Å². The minimum atomic E-state index is -0.439. The van der Waals surface area contributed by atoms with Gasteiger partial charge in [-0.3, -0.25) is 4.79 Å². The van der Waals surface area contributed by atoms with Gasteiger partial charge in [-0.2, -0.15) is 0 Å². The molecule has 3 aromatic rings. The fourth-order valence-corrected chi connectivity index (χ4v) is 4.43. The predicted octanol–water partition coefficient (Wildman–Crippen LogP) is 4.79. The standard InChI is InChI=1S/C27H32N2O6/c1-33-22-12-10-21(11-13-22)28-27(32)29(14-15-30)16-20-18-35-24-9-5-8-23(25(24)26(20)31)34-17-19-6-3-2-4-7-19/h5,8-13,18-19,30H,2-4,6-7,14-17H2,1H3,(H,28,32). The van der Waals surface area contributed by atoms with Gasteiger partial charge in [-0.15, -0.1) is 0 Å². The van der Waals surface area contributed by atoms with E-state index in [1.807, 2.05) is 6.07 Å². The molecule has 1 aliphatic carbocycles. The SMILES string of the molecule is COc1ccc(NC(=O)N(CCO)Cc2coc3cccc(OCC4CCCCC4)c3c2=O)cc1. The maximum atomic E-state index is 13.4. The maximum Gasteiger partial charge on any atom is 0.322 e. The summed E-state index contributed by atoms with van der Waals surface area (Å²) >= 11 is 0. The molecule has 1 aliphatic rings. The van der Waals surface area contributed by atoms with E-state index >= 15 is 0 Å². The minimum Gasteiger partial charge on any atom is -0.497 e. The molecule has 0 aliphatic heterocycles. The second-order valence-electron chi connectivity index (χ2n) is 8.84. The smallest absolute Gasteiger partial charge is 0.322 e. The minimum absolute atomic E-state index is 0.0161. The van der Waals surface area contributed by atoms with Crippen molar-refractivity contribution in [2.75, 3.05) is 32.2 Å². The number of nitrogens with zero attached hydrogens (tertiary/aromatic N) is 1. The van der Waals surface area contributed by atoms with E-state index in [1.54, 1.807) is 43.5 Å². The Labute approximate surface area is 204 Å². The van der Waals surface area contributed by atoms with Crippen molar-refractivity contribution in [1.29, 1.82) is 0 Å². The van der Waals surface area contributed by atoms with E-state index in [0.29, 0.717) is 46.2 Å². The van der Waals surface area contributed by atoms with Gasteiger partial charge in [0.1, 0.15) is 22.5 Å². The van der Waals surface area contributed by atoms with Gasteiger partial charge in [0.05, 0.1) is 38.7 Å². The number of urea groups is 1. The molecule has 0 atom stereocenters. The van der Waals surface area contributed by atoms with Gasteiger partial charge in [-0.1, -0.05) is 25.3 Å². The molecule has 0 spiro atoms. The number of methoxy groups -OCH3 is 1. The molecule has 8 heteroatoms. The number of fused-ring (bicyclic) bond motifs is 1. The van der Waals surface area contributed by atoms with Crippen molar-refractivity contribution in [1.82, 2.24) is 4.90 Å². The summed E-state index contributed by atoms with van der Waals surface area (Å²) in [6, 6.07) is 11.8. The highest BCUT2D eigenvalue weighted by Crippen LogP contribution is 2.28. The fourth-order valence-electron chi connectivity index (χ4n) is 4.43. The Hall–Kier alpha value is -3.52. The van der Waals surface area contributed by atoms with Crippen LogP contribution in [0.25, 0.3) is 11.0 Å². The van der Waals surface area contributed by atoms with Crippen LogP contribution in [0.5, 0.6) is 11.5 Å². The number of hydrogen-bond donors (Lipinski definition) is 2. The third-order valence-corrected chi connectivity index (χ3v) is 6.39. The monoisotopic (exact) mass is 480 g/mol. The summed E-state index contributed by atoms with van der Waals surface area (Å²) in [6.07, 6.45) is 7.37. The highest BCUT2D eigenvalue weighted by Gasteiger charge is 2.20. The number of anilines is 1. The van der Waals surface area contributed by atoms with Crippen molar-refractivity contribution < 1.29 is 23.8 Å². The molecule has 2 amide bonds. The van der Waals surface area contributed by atoms with Crippen LogP contribution in [0.4, 0.5) is 10.5 Å². The zero-order valence-electron chi connectivity index (χ0n) is 20.0. The highest BCUT2D eigenvalue weighted by molar-refractivity contribution is 5.89. The molecule has 0 unspecified atom stereocenters. The average Bonchev–Trinajstić information content (AvgIpc) is 2.89. The zero-order valence-corrected chi connectivity index (χ0v) is 20.0. The molecule has 4 rings (SSSR count). The third-order valence-electron chi connectivity index (χ3n) is 6.39. The van der Waals surface area contributed by atoms with E-state index < -0.39 is 6.03 Å². The summed E-state index contributed by atoms with van der Waals surface area (Å²) in [7, 11) is 1.57. The zero-order chi connectivity index (χ0) is 24.6. The predicted molar refractivity (Wildman–Crippen MR) is 134 cm³/mol. The van der Waals surface area contributed by atoms with Gasteiger partial charge in [-0.05, 0) is 55.2 Å². The van der Waals surface area contributed by atoms with Crippen LogP contribution in [-0.4, -0.2) is 42.9 Å².